The Bertz CT molecular complexity index is 754. The van der Waals surface area contributed by atoms with Crippen LogP contribution in [0.3, 0.4) is 0 Å². The molecule has 0 aromatic heterocycles. The Kier molecular flexibility index (Phi) is 5.97. The van der Waals surface area contributed by atoms with E-state index in [9.17, 15) is 4.57 Å². The van der Waals surface area contributed by atoms with Crippen LogP contribution in [-0.2, 0) is 13.6 Å². The first kappa shape index (κ1) is 17.3. The molecule has 0 radical (unpaired) electrons. The van der Waals surface area contributed by atoms with Crippen LogP contribution in [0, 0.1) is 0 Å². The first-order valence-electron chi connectivity index (χ1n) is 7.01. The topological polar surface area (TPSA) is 44.8 Å². The van der Waals surface area contributed by atoms with Crippen molar-refractivity contribution in [3.63, 3.8) is 0 Å². The highest BCUT2D eigenvalue weighted by molar-refractivity contribution is 7.65. The Labute approximate surface area is 136 Å². The molecule has 0 aliphatic carbocycles. The van der Waals surface area contributed by atoms with Gasteiger partial charge in [-0.1, -0.05) is 42.5 Å². The van der Waals surface area contributed by atoms with Crippen molar-refractivity contribution in [2.45, 2.75) is 0 Å². The van der Waals surface area contributed by atoms with Crippen LogP contribution in [0.5, 0.6) is 5.75 Å². The molecule has 0 fully saturated rings. The van der Waals surface area contributed by atoms with E-state index in [2.05, 4.69) is 5.73 Å². The minimum Gasteiger partial charge on any atom is -0.497 e. The largest absolute Gasteiger partial charge is 0.497 e. The molecule has 2 rings (SSSR count). The minimum atomic E-state index is -3.46. The van der Waals surface area contributed by atoms with Crippen molar-refractivity contribution in [1.29, 1.82) is 0 Å². The molecular formula is C18H19O4P. The van der Waals surface area contributed by atoms with Gasteiger partial charge in [-0.2, -0.15) is 0 Å². The summed E-state index contributed by atoms with van der Waals surface area (Å²) in [6, 6.07) is 16.8. The average Bonchev–Trinajstić information content (AvgIpc) is 2.62. The molecule has 0 aliphatic rings. The molecule has 2 aromatic carbocycles. The molecule has 4 nitrogen and oxygen atoms in total. The third-order valence-corrected chi connectivity index (χ3v) is 5.17. The highest BCUT2D eigenvalue weighted by atomic mass is 31.2. The Morgan fingerprint density at radius 2 is 1.70 bits per heavy atom. The number of hydrogen-bond donors (Lipinski definition) is 0. The molecule has 0 bridgehead atoms. The van der Waals surface area contributed by atoms with Gasteiger partial charge in [0, 0.05) is 19.8 Å². The van der Waals surface area contributed by atoms with Gasteiger partial charge in [-0.3, -0.25) is 4.57 Å². The maximum Gasteiger partial charge on any atom is 0.369 e. The maximum atomic E-state index is 12.9. The highest BCUT2D eigenvalue weighted by Gasteiger charge is 2.29. The van der Waals surface area contributed by atoms with Crippen molar-refractivity contribution >= 4 is 19.0 Å². The third kappa shape index (κ3) is 4.22. The van der Waals surface area contributed by atoms with Crippen LogP contribution in [0.2, 0.25) is 0 Å². The lowest BCUT2D eigenvalue weighted by atomic mass is 10.2. The van der Waals surface area contributed by atoms with E-state index in [1.807, 2.05) is 48.5 Å². The zero-order chi connectivity index (χ0) is 16.7. The highest BCUT2D eigenvalue weighted by Crippen LogP contribution is 2.59. The molecular weight excluding hydrogens is 311 g/mol. The zero-order valence-electron chi connectivity index (χ0n) is 13.4. The van der Waals surface area contributed by atoms with E-state index in [4.69, 9.17) is 13.8 Å². The van der Waals surface area contributed by atoms with Gasteiger partial charge in [0.25, 0.3) is 0 Å². The molecule has 120 valence electrons. The van der Waals surface area contributed by atoms with Gasteiger partial charge in [0.05, 0.1) is 7.11 Å². The summed E-state index contributed by atoms with van der Waals surface area (Å²) in [5.41, 5.74) is 4.68. The van der Waals surface area contributed by atoms with E-state index in [0.29, 0.717) is 16.6 Å². The Morgan fingerprint density at radius 3 is 2.30 bits per heavy atom. The second kappa shape index (κ2) is 7.96. The normalized spacial score (nSPS) is 10.7. The molecule has 0 aliphatic heterocycles. The molecule has 2 aromatic rings. The van der Waals surface area contributed by atoms with Gasteiger partial charge in [0.2, 0.25) is 0 Å². The monoisotopic (exact) mass is 330 g/mol. The SMILES string of the molecule is COc1cccc(C(=C=Cc2ccccc2)P(=O)(OC)OC)c1. The Balaban J connectivity index is 2.61. The van der Waals surface area contributed by atoms with E-state index in [0.717, 1.165) is 5.56 Å². The van der Waals surface area contributed by atoms with Crippen LogP contribution < -0.4 is 4.74 Å². The van der Waals surface area contributed by atoms with E-state index >= 15 is 0 Å². The van der Waals surface area contributed by atoms with Crippen molar-refractivity contribution in [1.82, 2.24) is 0 Å². The molecule has 0 saturated carbocycles. The van der Waals surface area contributed by atoms with Crippen LogP contribution in [-0.4, -0.2) is 21.3 Å². The summed E-state index contributed by atoms with van der Waals surface area (Å²) < 4.78 is 28.4. The summed E-state index contributed by atoms with van der Waals surface area (Å²) in [6.07, 6.45) is 1.75. The molecule has 0 amide bonds. The van der Waals surface area contributed by atoms with E-state index in [1.54, 1.807) is 19.3 Å². The summed E-state index contributed by atoms with van der Waals surface area (Å²) in [7, 11) is 0.828. The smallest absolute Gasteiger partial charge is 0.369 e. The first-order valence-corrected chi connectivity index (χ1v) is 8.55. The van der Waals surface area contributed by atoms with Gasteiger partial charge < -0.3 is 13.8 Å². The third-order valence-electron chi connectivity index (χ3n) is 3.27. The molecule has 5 heteroatoms. The van der Waals surface area contributed by atoms with Gasteiger partial charge >= 0.3 is 7.60 Å². The lowest BCUT2D eigenvalue weighted by molar-refractivity contribution is 0.288. The minimum absolute atomic E-state index is 0.352. The second-order valence-corrected chi connectivity index (χ2v) is 6.81. The van der Waals surface area contributed by atoms with Crippen LogP contribution in [0.1, 0.15) is 11.1 Å². The Morgan fingerprint density at radius 1 is 1.00 bits per heavy atom. The van der Waals surface area contributed by atoms with E-state index in [-0.39, 0.29) is 0 Å². The molecule has 0 saturated heterocycles. The summed E-state index contributed by atoms with van der Waals surface area (Å²) >= 11 is 0. The van der Waals surface area contributed by atoms with Crippen molar-refractivity contribution < 1.29 is 18.3 Å². The maximum absolute atomic E-state index is 12.9. The predicted molar refractivity (Wildman–Crippen MR) is 92.4 cm³/mol. The fourth-order valence-corrected chi connectivity index (χ4v) is 3.24. The fourth-order valence-electron chi connectivity index (χ4n) is 2.05. The number of methoxy groups -OCH3 is 1. The quantitative estimate of drug-likeness (QED) is 0.562. The average molecular weight is 330 g/mol. The summed E-state index contributed by atoms with van der Waals surface area (Å²) in [5.74, 6) is 0.653. The van der Waals surface area contributed by atoms with Crippen molar-refractivity contribution in [3.8, 4) is 5.75 Å². The van der Waals surface area contributed by atoms with Gasteiger partial charge in [-0.15, -0.1) is 5.73 Å². The molecule has 0 N–H and O–H groups in total. The predicted octanol–water partition coefficient (Wildman–Crippen LogP) is 4.83. The van der Waals surface area contributed by atoms with Crippen LogP contribution >= 0.6 is 7.60 Å². The number of ether oxygens (including phenoxy) is 1. The lowest BCUT2D eigenvalue weighted by Crippen LogP contribution is -1.93. The van der Waals surface area contributed by atoms with Crippen LogP contribution in [0.4, 0.5) is 0 Å². The molecule has 0 unspecified atom stereocenters. The van der Waals surface area contributed by atoms with Crippen LogP contribution in [0.15, 0.2) is 60.3 Å². The zero-order valence-corrected chi connectivity index (χ0v) is 14.2. The number of rotatable bonds is 6. The Hall–Kier alpha value is -2.09. The summed E-state index contributed by atoms with van der Waals surface area (Å²) in [4.78, 5) is 0. The molecule has 0 atom stereocenters. The van der Waals surface area contributed by atoms with E-state index < -0.39 is 7.60 Å². The molecule has 0 heterocycles. The second-order valence-electron chi connectivity index (χ2n) is 4.64. The van der Waals surface area contributed by atoms with Gasteiger partial charge in [0.15, 0.2) is 0 Å². The van der Waals surface area contributed by atoms with Crippen molar-refractivity contribution in [2.24, 2.45) is 0 Å². The fraction of sp³-hybridized carbons (Fsp3) is 0.167. The summed E-state index contributed by atoms with van der Waals surface area (Å²) in [6.45, 7) is 0. The van der Waals surface area contributed by atoms with Gasteiger partial charge in [-0.25, -0.2) is 0 Å². The van der Waals surface area contributed by atoms with Crippen LogP contribution in [0.25, 0.3) is 11.4 Å². The molecule has 0 spiro atoms. The lowest BCUT2D eigenvalue weighted by Gasteiger charge is -2.16. The number of benzene rings is 2. The summed E-state index contributed by atoms with van der Waals surface area (Å²) in [5, 5.41) is 0.352. The standard InChI is InChI=1S/C18H19O4P/c1-20-17-11-7-10-16(14-17)18(23(19,21-2)22-3)13-12-15-8-5-4-6-9-15/h4-12,14H,1-3H3. The van der Waals surface area contributed by atoms with Gasteiger partial charge in [0.1, 0.15) is 11.1 Å². The number of hydrogen-bond acceptors (Lipinski definition) is 4. The van der Waals surface area contributed by atoms with Crippen molar-refractivity contribution in [2.75, 3.05) is 21.3 Å². The van der Waals surface area contributed by atoms with Crippen molar-refractivity contribution in [3.05, 3.63) is 71.5 Å². The van der Waals surface area contributed by atoms with E-state index in [1.165, 1.54) is 14.2 Å². The molecule has 23 heavy (non-hydrogen) atoms. The van der Waals surface area contributed by atoms with Gasteiger partial charge in [-0.05, 0) is 23.8 Å². The first-order chi connectivity index (χ1) is 11.1.